The Morgan fingerprint density at radius 1 is 1.26 bits per heavy atom. The molecule has 1 fully saturated rings. The number of hydrogen-bond donors (Lipinski definition) is 1. The van der Waals surface area contributed by atoms with Crippen molar-refractivity contribution < 1.29 is 14.7 Å². The third kappa shape index (κ3) is 2.01. The highest BCUT2D eigenvalue weighted by Crippen LogP contribution is 2.50. The van der Waals surface area contributed by atoms with Gasteiger partial charge in [0.2, 0.25) is 0 Å². The lowest BCUT2D eigenvalue weighted by atomic mass is 9.67. The molecule has 1 N–H and O–H groups in total. The molecule has 19 heavy (non-hydrogen) atoms. The van der Waals surface area contributed by atoms with Crippen LogP contribution in [0.3, 0.4) is 0 Å². The smallest absolute Gasteiger partial charge is 0.408 e. The van der Waals surface area contributed by atoms with E-state index in [1.165, 1.54) is 4.90 Å². The van der Waals surface area contributed by atoms with E-state index in [0.717, 1.165) is 5.56 Å². The van der Waals surface area contributed by atoms with Gasteiger partial charge in [0.25, 0.3) is 0 Å². The zero-order valence-corrected chi connectivity index (χ0v) is 11.5. The Morgan fingerprint density at radius 3 is 2.32 bits per heavy atom. The molecular weight excluding hydrogens is 242 g/mol. The fraction of sp³-hybridized carbons (Fsp3) is 0.467. The highest BCUT2D eigenvalue weighted by atomic mass is 16.4. The summed E-state index contributed by atoms with van der Waals surface area (Å²) in [4.78, 5) is 24.7. The minimum absolute atomic E-state index is 0.0263. The van der Waals surface area contributed by atoms with Crippen molar-refractivity contribution in [2.24, 2.45) is 5.41 Å². The molecule has 0 radical (unpaired) electrons. The summed E-state index contributed by atoms with van der Waals surface area (Å²) < 4.78 is 0. The van der Waals surface area contributed by atoms with E-state index in [4.69, 9.17) is 0 Å². The first-order chi connectivity index (χ1) is 8.79. The summed E-state index contributed by atoms with van der Waals surface area (Å²) in [5, 5.41) is 9.47. The van der Waals surface area contributed by atoms with Crippen LogP contribution in [-0.4, -0.2) is 28.4 Å². The second-order valence-corrected chi connectivity index (χ2v) is 6.06. The Hall–Kier alpha value is -1.84. The van der Waals surface area contributed by atoms with Crippen LogP contribution in [0.15, 0.2) is 30.3 Å². The Morgan fingerprint density at radius 2 is 1.84 bits per heavy atom. The third-order valence-electron chi connectivity index (χ3n) is 3.97. The molecule has 1 aromatic carbocycles. The molecule has 1 heterocycles. The van der Waals surface area contributed by atoms with E-state index < -0.39 is 11.6 Å². The van der Waals surface area contributed by atoms with E-state index >= 15 is 0 Å². The molecular formula is C15H19NO3. The van der Waals surface area contributed by atoms with Crippen LogP contribution >= 0.6 is 0 Å². The topological polar surface area (TPSA) is 57.6 Å². The molecule has 1 aromatic rings. The predicted octanol–water partition coefficient (Wildman–Crippen LogP) is 2.88. The molecule has 0 aliphatic carbocycles. The number of nitrogens with zero attached hydrogens (tertiary/aromatic N) is 1. The Bertz CT molecular complexity index is 504. The molecule has 0 unspecified atom stereocenters. The van der Waals surface area contributed by atoms with Crippen molar-refractivity contribution in [1.29, 1.82) is 0 Å². The molecule has 1 aliphatic rings. The summed E-state index contributed by atoms with van der Waals surface area (Å²) in [6, 6.07) is 9.46. The SMILES string of the molecule is CC(C)(C)[C@]1(c2ccccc2)CC(=O)CN1C(=O)O. The van der Waals surface area contributed by atoms with Gasteiger partial charge >= 0.3 is 6.09 Å². The van der Waals surface area contributed by atoms with Crippen LogP contribution < -0.4 is 0 Å². The molecule has 0 bridgehead atoms. The van der Waals surface area contributed by atoms with E-state index in [0.29, 0.717) is 0 Å². The number of rotatable bonds is 1. The largest absolute Gasteiger partial charge is 0.465 e. The van der Waals surface area contributed by atoms with Gasteiger partial charge in [0.05, 0.1) is 12.1 Å². The average Bonchev–Trinajstić information content (AvgIpc) is 2.69. The number of carboxylic acid groups (broad SMARTS) is 1. The maximum Gasteiger partial charge on any atom is 0.408 e. The van der Waals surface area contributed by atoms with Crippen molar-refractivity contribution in [1.82, 2.24) is 4.90 Å². The zero-order valence-electron chi connectivity index (χ0n) is 11.5. The minimum Gasteiger partial charge on any atom is -0.465 e. The van der Waals surface area contributed by atoms with Gasteiger partial charge < -0.3 is 5.11 Å². The van der Waals surface area contributed by atoms with Gasteiger partial charge in [0.1, 0.15) is 0 Å². The lowest BCUT2D eigenvalue weighted by Gasteiger charge is -2.46. The van der Waals surface area contributed by atoms with Crippen molar-refractivity contribution in [3.05, 3.63) is 35.9 Å². The molecule has 1 atom stereocenters. The molecule has 1 aliphatic heterocycles. The molecule has 0 saturated carbocycles. The molecule has 2 rings (SSSR count). The van der Waals surface area contributed by atoms with Crippen LogP contribution in [0.25, 0.3) is 0 Å². The second-order valence-electron chi connectivity index (χ2n) is 6.06. The Kier molecular flexibility index (Phi) is 3.12. The predicted molar refractivity (Wildman–Crippen MR) is 71.9 cm³/mol. The molecule has 0 spiro atoms. The van der Waals surface area contributed by atoms with E-state index in [2.05, 4.69) is 0 Å². The van der Waals surface area contributed by atoms with Crippen LogP contribution in [0, 0.1) is 5.41 Å². The third-order valence-corrected chi connectivity index (χ3v) is 3.97. The van der Waals surface area contributed by atoms with E-state index in [1.54, 1.807) is 0 Å². The molecule has 102 valence electrons. The van der Waals surface area contributed by atoms with Crippen LogP contribution in [0.5, 0.6) is 0 Å². The number of carbonyl (C=O) groups is 2. The van der Waals surface area contributed by atoms with Gasteiger partial charge in [-0.1, -0.05) is 51.1 Å². The number of hydrogen-bond acceptors (Lipinski definition) is 2. The van der Waals surface area contributed by atoms with Crippen LogP contribution in [-0.2, 0) is 10.3 Å². The highest BCUT2D eigenvalue weighted by molar-refractivity contribution is 5.89. The Balaban J connectivity index is 2.65. The van der Waals surface area contributed by atoms with Gasteiger partial charge in [-0.2, -0.15) is 0 Å². The molecule has 1 amide bonds. The molecule has 4 nitrogen and oxygen atoms in total. The summed E-state index contributed by atoms with van der Waals surface area (Å²) in [7, 11) is 0. The lowest BCUT2D eigenvalue weighted by Crippen LogP contribution is -2.52. The first kappa shape index (κ1) is 13.6. The van der Waals surface area contributed by atoms with Gasteiger partial charge in [0, 0.05) is 6.42 Å². The number of likely N-dealkylation sites (tertiary alicyclic amines) is 1. The van der Waals surface area contributed by atoms with E-state index in [9.17, 15) is 14.7 Å². The number of benzene rings is 1. The molecule has 1 saturated heterocycles. The summed E-state index contributed by atoms with van der Waals surface area (Å²) in [6.07, 6.45) is -0.795. The normalized spacial score (nSPS) is 23.7. The standard InChI is InChI=1S/C15H19NO3/c1-14(2,3)15(11-7-5-4-6-8-11)9-12(17)10-16(15)13(18)19/h4-8H,9-10H2,1-3H3,(H,18,19)/t15-/m1/s1. The fourth-order valence-corrected chi connectivity index (χ4v) is 3.05. The van der Waals surface area contributed by atoms with E-state index in [1.807, 2.05) is 51.1 Å². The first-order valence-corrected chi connectivity index (χ1v) is 6.37. The second kappa shape index (κ2) is 4.37. The monoisotopic (exact) mass is 261 g/mol. The fourth-order valence-electron chi connectivity index (χ4n) is 3.05. The van der Waals surface area contributed by atoms with Crippen LogP contribution in [0.2, 0.25) is 0 Å². The quantitative estimate of drug-likeness (QED) is 0.845. The number of amides is 1. The van der Waals surface area contributed by atoms with Crippen molar-refractivity contribution >= 4 is 11.9 Å². The summed E-state index contributed by atoms with van der Waals surface area (Å²) in [6.45, 7) is 5.92. The molecule has 4 heteroatoms. The average molecular weight is 261 g/mol. The maximum atomic E-state index is 11.9. The first-order valence-electron chi connectivity index (χ1n) is 6.37. The van der Waals surface area contributed by atoms with Crippen LogP contribution in [0.1, 0.15) is 32.8 Å². The zero-order chi connectivity index (χ0) is 14.3. The lowest BCUT2D eigenvalue weighted by molar-refractivity contribution is -0.117. The summed E-state index contributed by atoms with van der Waals surface area (Å²) in [5.41, 5.74) is -0.258. The van der Waals surface area contributed by atoms with Crippen molar-refractivity contribution in [3.8, 4) is 0 Å². The van der Waals surface area contributed by atoms with Crippen molar-refractivity contribution in [3.63, 3.8) is 0 Å². The van der Waals surface area contributed by atoms with Crippen molar-refractivity contribution in [2.45, 2.75) is 32.7 Å². The highest BCUT2D eigenvalue weighted by Gasteiger charge is 2.55. The van der Waals surface area contributed by atoms with Gasteiger partial charge in [-0.3, -0.25) is 9.69 Å². The molecule has 0 aromatic heterocycles. The number of ketones is 1. The Labute approximate surface area is 113 Å². The van der Waals surface area contributed by atoms with Crippen molar-refractivity contribution in [2.75, 3.05) is 6.54 Å². The number of Topliss-reactive ketones (excluding diaryl/α,β-unsaturated/α-hetero) is 1. The van der Waals surface area contributed by atoms with Gasteiger partial charge in [-0.05, 0) is 11.0 Å². The summed E-state index contributed by atoms with van der Waals surface area (Å²) in [5.74, 6) is -0.0267. The summed E-state index contributed by atoms with van der Waals surface area (Å²) >= 11 is 0. The van der Waals surface area contributed by atoms with Crippen LogP contribution in [0.4, 0.5) is 4.79 Å². The van der Waals surface area contributed by atoms with Gasteiger partial charge in [-0.15, -0.1) is 0 Å². The minimum atomic E-state index is -1.04. The maximum absolute atomic E-state index is 11.9. The number of carbonyl (C=O) groups excluding carboxylic acids is 1. The van der Waals surface area contributed by atoms with Gasteiger partial charge in [-0.25, -0.2) is 4.79 Å². The van der Waals surface area contributed by atoms with E-state index in [-0.39, 0.29) is 24.2 Å². The van der Waals surface area contributed by atoms with Gasteiger partial charge in [0.15, 0.2) is 5.78 Å².